The minimum Gasteiger partial charge on any atom is -0.354 e. The number of aromatic nitrogens is 4. The van der Waals surface area contributed by atoms with Crippen molar-refractivity contribution in [1.29, 1.82) is 0 Å². The number of anilines is 1. The number of hydrogen-bond donors (Lipinski definition) is 0. The molecule has 0 bridgehead atoms. The summed E-state index contributed by atoms with van der Waals surface area (Å²) in [5, 5.41) is 9.02. The molecular weight excluding hydrogens is 436 g/mol. The Bertz CT molecular complexity index is 1240. The maximum Gasteiger partial charge on any atom is 0.227 e. The van der Waals surface area contributed by atoms with Gasteiger partial charge in [-0.25, -0.2) is 4.98 Å². The number of carbonyl (C=O) groups is 1. The van der Waals surface area contributed by atoms with Crippen molar-refractivity contribution in [1.82, 2.24) is 24.6 Å². The van der Waals surface area contributed by atoms with E-state index in [4.69, 9.17) is 0 Å². The molecule has 1 fully saturated rings. The van der Waals surface area contributed by atoms with E-state index in [9.17, 15) is 4.79 Å². The first-order chi connectivity index (χ1) is 17.2. The lowest BCUT2D eigenvalue weighted by molar-refractivity contribution is -0.136. The van der Waals surface area contributed by atoms with Crippen LogP contribution in [0.15, 0.2) is 85.2 Å². The molecule has 1 aliphatic rings. The van der Waals surface area contributed by atoms with E-state index >= 15 is 0 Å². The fourth-order valence-electron chi connectivity index (χ4n) is 4.70. The molecule has 1 amide bonds. The van der Waals surface area contributed by atoms with Gasteiger partial charge in [0, 0.05) is 44.1 Å². The van der Waals surface area contributed by atoms with Gasteiger partial charge < -0.3 is 9.80 Å². The van der Waals surface area contributed by atoms with E-state index in [1.807, 2.05) is 83.3 Å². The number of imidazole rings is 1. The zero-order valence-electron chi connectivity index (χ0n) is 20.0. The molecule has 2 aromatic carbocycles. The summed E-state index contributed by atoms with van der Waals surface area (Å²) in [5.41, 5.74) is 2.18. The summed E-state index contributed by atoms with van der Waals surface area (Å²) in [5.74, 6) is 2.53. The standard InChI is InChI=1S/C28H30N6O/c1-2-32(20-22-10-5-3-6-11-22)28(35)24-14-9-18-33(21-24)25-15-16-26(31-30-25)34-19-17-29-27(34)23-12-7-4-8-13-23/h3-8,10-13,15-17,19,24H,2,9,14,18,20-21H2,1H3. The van der Waals surface area contributed by atoms with Crippen molar-refractivity contribution in [3.63, 3.8) is 0 Å². The third kappa shape index (κ3) is 5.09. The van der Waals surface area contributed by atoms with Gasteiger partial charge in [0.25, 0.3) is 0 Å². The Morgan fingerprint density at radius 1 is 0.971 bits per heavy atom. The van der Waals surface area contributed by atoms with Crippen LogP contribution in [0.2, 0.25) is 0 Å². The topological polar surface area (TPSA) is 67.2 Å². The molecule has 0 N–H and O–H groups in total. The lowest BCUT2D eigenvalue weighted by atomic mass is 9.96. The van der Waals surface area contributed by atoms with Crippen LogP contribution in [0, 0.1) is 5.92 Å². The molecule has 0 aliphatic carbocycles. The van der Waals surface area contributed by atoms with Gasteiger partial charge in [-0.05, 0) is 37.5 Å². The van der Waals surface area contributed by atoms with Gasteiger partial charge in [-0.15, -0.1) is 10.2 Å². The lowest BCUT2D eigenvalue weighted by Crippen LogP contribution is -2.45. The van der Waals surface area contributed by atoms with Crippen molar-refractivity contribution >= 4 is 11.7 Å². The summed E-state index contributed by atoms with van der Waals surface area (Å²) < 4.78 is 1.94. The Balaban J connectivity index is 1.28. The van der Waals surface area contributed by atoms with E-state index in [0.29, 0.717) is 19.6 Å². The fourth-order valence-corrected chi connectivity index (χ4v) is 4.70. The Hall–Kier alpha value is -4.00. The van der Waals surface area contributed by atoms with Crippen LogP contribution in [0.3, 0.4) is 0 Å². The van der Waals surface area contributed by atoms with E-state index in [-0.39, 0.29) is 11.8 Å². The second-order valence-corrected chi connectivity index (χ2v) is 8.86. The zero-order valence-corrected chi connectivity index (χ0v) is 20.0. The third-order valence-corrected chi connectivity index (χ3v) is 6.56. The predicted octanol–water partition coefficient (Wildman–Crippen LogP) is 4.59. The van der Waals surface area contributed by atoms with Crippen molar-refractivity contribution in [2.45, 2.75) is 26.3 Å². The maximum atomic E-state index is 13.3. The first kappa shape index (κ1) is 22.8. The first-order valence-corrected chi connectivity index (χ1v) is 12.2. The number of amides is 1. The van der Waals surface area contributed by atoms with Crippen LogP contribution in [0.5, 0.6) is 0 Å². The maximum absolute atomic E-state index is 13.3. The molecule has 3 heterocycles. The molecule has 5 rings (SSSR count). The SMILES string of the molecule is CCN(Cc1ccccc1)C(=O)C1CCCN(c2ccc(-n3ccnc3-c3ccccc3)nn2)C1. The van der Waals surface area contributed by atoms with Crippen molar-refractivity contribution in [3.8, 4) is 17.2 Å². The summed E-state index contributed by atoms with van der Waals surface area (Å²) >= 11 is 0. The fraction of sp³-hybridized carbons (Fsp3) is 0.286. The summed E-state index contributed by atoms with van der Waals surface area (Å²) in [6.07, 6.45) is 5.53. The molecular formula is C28H30N6O. The van der Waals surface area contributed by atoms with Crippen LogP contribution in [0.4, 0.5) is 5.82 Å². The predicted molar refractivity (Wildman–Crippen MR) is 137 cm³/mol. The molecule has 1 unspecified atom stereocenters. The second-order valence-electron chi connectivity index (χ2n) is 8.86. The highest BCUT2D eigenvalue weighted by molar-refractivity contribution is 5.79. The summed E-state index contributed by atoms with van der Waals surface area (Å²) in [6, 6.07) is 24.2. The Labute approximate surface area is 206 Å². The third-order valence-electron chi connectivity index (χ3n) is 6.56. The normalized spacial score (nSPS) is 15.7. The molecule has 7 heteroatoms. The molecule has 0 radical (unpaired) electrons. The van der Waals surface area contributed by atoms with Crippen LogP contribution >= 0.6 is 0 Å². The highest BCUT2D eigenvalue weighted by Gasteiger charge is 2.29. The lowest BCUT2D eigenvalue weighted by Gasteiger charge is -2.35. The van der Waals surface area contributed by atoms with Crippen LogP contribution in [-0.2, 0) is 11.3 Å². The molecule has 1 aliphatic heterocycles. The van der Waals surface area contributed by atoms with Gasteiger partial charge in [0.05, 0.1) is 5.92 Å². The zero-order chi connectivity index (χ0) is 24.0. The van der Waals surface area contributed by atoms with Crippen LogP contribution in [0.25, 0.3) is 17.2 Å². The molecule has 0 spiro atoms. The summed E-state index contributed by atoms with van der Waals surface area (Å²) in [4.78, 5) is 22.0. The first-order valence-electron chi connectivity index (χ1n) is 12.2. The van der Waals surface area contributed by atoms with Crippen molar-refractivity contribution in [3.05, 3.63) is 90.8 Å². The van der Waals surface area contributed by atoms with Gasteiger partial charge in [0.1, 0.15) is 5.82 Å². The number of piperidine rings is 1. The van der Waals surface area contributed by atoms with Crippen molar-refractivity contribution < 1.29 is 4.79 Å². The molecule has 178 valence electrons. The summed E-state index contributed by atoms with van der Waals surface area (Å²) in [6.45, 7) is 4.94. The van der Waals surface area contributed by atoms with Gasteiger partial charge >= 0.3 is 0 Å². The molecule has 0 saturated carbocycles. The largest absolute Gasteiger partial charge is 0.354 e. The van der Waals surface area contributed by atoms with Gasteiger partial charge in [0.2, 0.25) is 5.91 Å². The number of rotatable bonds is 7. The number of nitrogens with zero attached hydrogens (tertiary/aromatic N) is 6. The van der Waals surface area contributed by atoms with Crippen LogP contribution < -0.4 is 4.90 Å². The average Bonchev–Trinajstić information content (AvgIpc) is 3.43. The van der Waals surface area contributed by atoms with E-state index in [1.165, 1.54) is 0 Å². The number of benzene rings is 2. The van der Waals surface area contributed by atoms with Gasteiger partial charge in [-0.3, -0.25) is 9.36 Å². The quantitative estimate of drug-likeness (QED) is 0.398. The second kappa shape index (κ2) is 10.5. The summed E-state index contributed by atoms with van der Waals surface area (Å²) in [7, 11) is 0. The average molecular weight is 467 g/mol. The van der Waals surface area contributed by atoms with Gasteiger partial charge in [-0.2, -0.15) is 0 Å². The minimum atomic E-state index is -0.0350. The van der Waals surface area contributed by atoms with Crippen molar-refractivity contribution in [2.75, 3.05) is 24.5 Å². The van der Waals surface area contributed by atoms with E-state index in [1.54, 1.807) is 6.20 Å². The minimum absolute atomic E-state index is 0.0350. The monoisotopic (exact) mass is 466 g/mol. The van der Waals surface area contributed by atoms with E-state index in [2.05, 4.69) is 32.2 Å². The highest BCUT2D eigenvalue weighted by atomic mass is 16.2. The van der Waals surface area contributed by atoms with Crippen molar-refractivity contribution in [2.24, 2.45) is 5.92 Å². The van der Waals surface area contributed by atoms with E-state index < -0.39 is 0 Å². The van der Waals surface area contributed by atoms with Gasteiger partial charge in [0.15, 0.2) is 11.6 Å². The number of carbonyl (C=O) groups excluding carboxylic acids is 1. The molecule has 7 nitrogen and oxygen atoms in total. The Morgan fingerprint density at radius 3 is 2.40 bits per heavy atom. The Kier molecular flexibility index (Phi) is 6.84. The van der Waals surface area contributed by atoms with E-state index in [0.717, 1.165) is 48.0 Å². The van der Waals surface area contributed by atoms with Crippen LogP contribution in [0.1, 0.15) is 25.3 Å². The molecule has 1 saturated heterocycles. The smallest absolute Gasteiger partial charge is 0.227 e. The Morgan fingerprint density at radius 2 is 1.69 bits per heavy atom. The van der Waals surface area contributed by atoms with Gasteiger partial charge in [-0.1, -0.05) is 60.7 Å². The molecule has 1 atom stereocenters. The van der Waals surface area contributed by atoms with Crippen LogP contribution in [-0.4, -0.2) is 50.2 Å². The molecule has 35 heavy (non-hydrogen) atoms. The molecule has 4 aromatic rings. The molecule has 2 aromatic heterocycles. The number of hydrogen-bond acceptors (Lipinski definition) is 5. The highest BCUT2D eigenvalue weighted by Crippen LogP contribution is 2.25.